The summed E-state index contributed by atoms with van der Waals surface area (Å²) in [5.74, 6) is -0.171. The second-order valence-corrected chi connectivity index (χ2v) is 23.3. The first-order chi connectivity index (χ1) is 36.8. The topological polar surface area (TPSA) is 149 Å². The summed E-state index contributed by atoms with van der Waals surface area (Å²) in [4.78, 5) is 13.1. The molecule has 7 unspecified atom stereocenters. The van der Waals surface area contributed by atoms with Crippen molar-refractivity contribution in [3.8, 4) is 0 Å². The van der Waals surface area contributed by atoms with Gasteiger partial charge in [-0.25, -0.2) is 0 Å². The average molecular weight is 1060 g/mol. The molecule has 1 rings (SSSR count). The third-order valence-electron chi connectivity index (χ3n) is 16.0. The van der Waals surface area contributed by atoms with Crippen LogP contribution in [-0.2, 0) is 14.3 Å². The normalized spacial score (nSPS) is 18.9. The van der Waals surface area contributed by atoms with Crippen LogP contribution in [0.1, 0.15) is 335 Å². The Labute approximate surface area is 464 Å². The Kier molecular flexibility index (Phi) is 53.5. The van der Waals surface area contributed by atoms with Crippen molar-refractivity contribution < 1.29 is 39.8 Å². The highest BCUT2D eigenvalue weighted by atomic mass is 16.7. The van der Waals surface area contributed by atoms with Crippen LogP contribution >= 0.6 is 0 Å². The summed E-state index contributed by atoms with van der Waals surface area (Å²) in [6.45, 7) is 3.83. The van der Waals surface area contributed by atoms with Crippen molar-refractivity contribution in [3.05, 3.63) is 24.3 Å². The summed E-state index contributed by atoms with van der Waals surface area (Å²) in [5, 5.41) is 54.7. The number of hydrogen-bond donors (Lipinski definition) is 6. The van der Waals surface area contributed by atoms with Gasteiger partial charge in [0.1, 0.15) is 24.4 Å². The third kappa shape index (κ3) is 45.1. The number of allylic oxidation sites excluding steroid dienone is 3. The molecule has 1 amide bonds. The molecule has 0 bridgehead atoms. The molecule has 0 radical (unpaired) electrons. The third-order valence-corrected chi connectivity index (χ3v) is 16.0. The average Bonchev–Trinajstić information content (AvgIpc) is 3.41. The van der Waals surface area contributed by atoms with Crippen LogP contribution in [0.15, 0.2) is 24.3 Å². The smallest absolute Gasteiger partial charge is 0.220 e. The van der Waals surface area contributed by atoms with Crippen LogP contribution < -0.4 is 5.32 Å². The van der Waals surface area contributed by atoms with Gasteiger partial charge >= 0.3 is 0 Å². The molecule has 0 aromatic carbocycles. The van der Waals surface area contributed by atoms with Crippen LogP contribution in [0.25, 0.3) is 0 Å². The van der Waals surface area contributed by atoms with E-state index in [-0.39, 0.29) is 12.5 Å². The van der Waals surface area contributed by atoms with E-state index in [4.69, 9.17) is 9.47 Å². The van der Waals surface area contributed by atoms with Crippen LogP contribution in [0.4, 0.5) is 0 Å². The molecule has 1 aliphatic rings. The molecule has 0 aromatic heterocycles. The van der Waals surface area contributed by atoms with Gasteiger partial charge in [0, 0.05) is 6.42 Å². The van der Waals surface area contributed by atoms with Gasteiger partial charge < -0.3 is 40.3 Å². The van der Waals surface area contributed by atoms with Gasteiger partial charge in [-0.2, -0.15) is 0 Å². The number of ether oxygens (including phenoxy) is 2. The molecule has 1 fully saturated rings. The number of nitrogens with one attached hydrogen (secondary N) is 1. The first-order valence-corrected chi connectivity index (χ1v) is 33.1. The highest BCUT2D eigenvalue weighted by molar-refractivity contribution is 5.76. The molecule has 9 heteroatoms. The fourth-order valence-corrected chi connectivity index (χ4v) is 10.8. The van der Waals surface area contributed by atoms with Crippen LogP contribution in [0, 0.1) is 0 Å². The summed E-state index contributed by atoms with van der Waals surface area (Å²) >= 11 is 0. The van der Waals surface area contributed by atoms with Crippen LogP contribution in [-0.4, -0.2) is 87.5 Å². The van der Waals surface area contributed by atoms with Crippen molar-refractivity contribution in [1.29, 1.82) is 0 Å². The lowest BCUT2D eigenvalue weighted by molar-refractivity contribution is -0.302. The number of unbranched alkanes of at least 4 members (excludes halogenated alkanes) is 46. The number of hydrogen-bond acceptors (Lipinski definition) is 8. The molecule has 0 spiro atoms. The Balaban J connectivity index is 2.16. The van der Waals surface area contributed by atoms with Gasteiger partial charge in [0.2, 0.25) is 5.91 Å². The first kappa shape index (κ1) is 71.7. The minimum atomic E-state index is -1.57. The van der Waals surface area contributed by atoms with E-state index >= 15 is 0 Å². The molecule has 7 atom stereocenters. The van der Waals surface area contributed by atoms with Crippen molar-refractivity contribution in [2.45, 2.75) is 378 Å². The van der Waals surface area contributed by atoms with Crippen LogP contribution in [0.5, 0.6) is 0 Å². The van der Waals surface area contributed by atoms with E-state index < -0.39 is 49.5 Å². The van der Waals surface area contributed by atoms with Gasteiger partial charge in [-0.1, -0.05) is 308 Å². The fraction of sp³-hybridized carbons (Fsp3) is 0.924. The molecule has 75 heavy (non-hydrogen) atoms. The van der Waals surface area contributed by atoms with Gasteiger partial charge in [0.25, 0.3) is 0 Å². The van der Waals surface area contributed by atoms with E-state index in [1.807, 2.05) is 6.08 Å². The molecule has 0 aliphatic carbocycles. The van der Waals surface area contributed by atoms with Crippen molar-refractivity contribution in [2.24, 2.45) is 0 Å². The van der Waals surface area contributed by atoms with E-state index in [2.05, 4.69) is 31.3 Å². The Morgan fingerprint density at radius 1 is 0.440 bits per heavy atom. The summed E-state index contributed by atoms with van der Waals surface area (Å²) in [6, 6.07) is -0.804. The molecular formula is C66H127NO8. The van der Waals surface area contributed by atoms with Gasteiger partial charge in [0.15, 0.2) is 6.29 Å². The van der Waals surface area contributed by atoms with Crippen LogP contribution in [0.2, 0.25) is 0 Å². The zero-order valence-corrected chi connectivity index (χ0v) is 49.6. The van der Waals surface area contributed by atoms with E-state index in [0.717, 1.165) is 38.5 Å². The number of carbonyl (C=O) groups excluding carboxylic acids is 1. The molecule has 9 nitrogen and oxygen atoms in total. The SMILES string of the molecule is CCCCCCCCCC/C=C\CCCCCCCCCCCCCCCC(=O)NC(COC1OC(CO)C(O)C(O)C1O)C(O)/C=C/CCCCCCCCCCCCCCCCCCCCCCCCCCC. The highest BCUT2D eigenvalue weighted by Crippen LogP contribution is 2.23. The van der Waals surface area contributed by atoms with Crippen molar-refractivity contribution >= 4 is 5.91 Å². The van der Waals surface area contributed by atoms with E-state index in [9.17, 15) is 30.3 Å². The molecular weight excluding hydrogens is 935 g/mol. The second-order valence-electron chi connectivity index (χ2n) is 23.3. The fourth-order valence-electron chi connectivity index (χ4n) is 10.8. The number of amides is 1. The molecule has 6 N–H and O–H groups in total. The van der Waals surface area contributed by atoms with Crippen molar-refractivity contribution in [1.82, 2.24) is 5.32 Å². The van der Waals surface area contributed by atoms with E-state index in [1.165, 1.54) is 276 Å². The molecule has 0 aromatic rings. The highest BCUT2D eigenvalue weighted by Gasteiger charge is 2.44. The Bertz CT molecular complexity index is 1230. The van der Waals surface area contributed by atoms with Crippen molar-refractivity contribution in [3.63, 3.8) is 0 Å². The molecule has 1 heterocycles. The maximum atomic E-state index is 13.1. The summed E-state index contributed by atoms with van der Waals surface area (Å²) in [7, 11) is 0. The van der Waals surface area contributed by atoms with Gasteiger partial charge in [0.05, 0.1) is 25.4 Å². The Morgan fingerprint density at radius 3 is 1.08 bits per heavy atom. The van der Waals surface area contributed by atoms with E-state index in [0.29, 0.717) is 6.42 Å². The molecule has 1 saturated heterocycles. The van der Waals surface area contributed by atoms with Gasteiger partial charge in [-0.3, -0.25) is 4.79 Å². The van der Waals surface area contributed by atoms with Gasteiger partial charge in [-0.05, 0) is 44.9 Å². The quantitative estimate of drug-likeness (QED) is 0.0261. The number of aliphatic hydroxyl groups excluding tert-OH is 5. The zero-order chi connectivity index (χ0) is 54.3. The lowest BCUT2D eigenvalue weighted by Crippen LogP contribution is -2.60. The maximum Gasteiger partial charge on any atom is 0.220 e. The standard InChI is InChI=1S/C66H127NO8/c1-3-5-7-9-11-13-15-17-19-21-23-25-27-29-30-32-33-35-37-39-41-43-45-47-49-51-53-55-60(69)59(58-74-66-65(73)64(72)63(71)61(57-68)75-66)67-62(70)56-54-52-50-48-46-44-42-40-38-36-34-31-28-26-24-22-20-18-16-14-12-10-8-6-4-2/h22,24,53,55,59-61,63-66,68-69,71-73H,3-21,23,25-52,54,56-58H2,1-2H3,(H,67,70)/b24-22-,55-53+. The summed E-state index contributed by atoms with van der Waals surface area (Å²) in [6.07, 6.45) is 65.5. The molecule has 444 valence electrons. The zero-order valence-electron chi connectivity index (χ0n) is 49.6. The van der Waals surface area contributed by atoms with E-state index in [1.54, 1.807) is 6.08 Å². The summed E-state index contributed by atoms with van der Waals surface area (Å²) < 4.78 is 11.3. The van der Waals surface area contributed by atoms with Gasteiger partial charge in [-0.15, -0.1) is 0 Å². The van der Waals surface area contributed by atoms with Crippen molar-refractivity contribution in [2.75, 3.05) is 13.2 Å². The largest absolute Gasteiger partial charge is 0.394 e. The second kappa shape index (κ2) is 56.0. The minimum absolute atomic E-state index is 0.171. The molecule has 1 aliphatic heterocycles. The predicted octanol–water partition coefficient (Wildman–Crippen LogP) is 17.3. The first-order valence-electron chi connectivity index (χ1n) is 33.1. The Morgan fingerprint density at radius 2 is 0.747 bits per heavy atom. The summed E-state index contributed by atoms with van der Waals surface area (Å²) in [5.41, 5.74) is 0. The number of carbonyl (C=O) groups is 1. The molecule has 0 saturated carbocycles. The maximum absolute atomic E-state index is 13.1. The number of aliphatic hydroxyl groups is 5. The predicted molar refractivity (Wildman–Crippen MR) is 318 cm³/mol. The lowest BCUT2D eigenvalue weighted by Gasteiger charge is -2.40. The van der Waals surface area contributed by atoms with Crippen LogP contribution in [0.3, 0.4) is 0 Å². The lowest BCUT2D eigenvalue weighted by atomic mass is 9.99. The Hall–Kier alpha value is -1.33. The minimum Gasteiger partial charge on any atom is -0.394 e. The monoisotopic (exact) mass is 1060 g/mol. The number of rotatable bonds is 58.